The molecule has 3 aromatic heterocycles. The number of hydrogen-bond acceptors (Lipinski definition) is 3. The molecule has 0 radical (unpaired) electrons. The van der Waals surface area contributed by atoms with Crippen molar-refractivity contribution in [1.29, 1.82) is 0 Å². The molecule has 0 saturated heterocycles. The van der Waals surface area contributed by atoms with Crippen LogP contribution in [0.2, 0.25) is 0 Å². The molecule has 0 spiro atoms. The summed E-state index contributed by atoms with van der Waals surface area (Å²) in [5.41, 5.74) is 15.0. The fourth-order valence-corrected chi connectivity index (χ4v) is 11.0. The van der Waals surface area contributed by atoms with Crippen molar-refractivity contribution in [1.82, 2.24) is 18.6 Å². The van der Waals surface area contributed by atoms with E-state index in [1.54, 1.807) is 0 Å². The van der Waals surface area contributed by atoms with Gasteiger partial charge in [-0.15, -0.1) is 0 Å². The van der Waals surface area contributed by atoms with Gasteiger partial charge in [0.2, 0.25) is 0 Å². The van der Waals surface area contributed by atoms with Gasteiger partial charge in [0.1, 0.15) is 0 Å². The van der Waals surface area contributed by atoms with E-state index in [0.717, 1.165) is 48.8 Å². The summed E-state index contributed by atoms with van der Waals surface area (Å²) in [6.07, 6.45) is 0. The Kier molecular flexibility index (Phi) is 9.66. The Morgan fingerprint density at radius 2 is 1.15 bits per heavy atom. The first kappa shape index (κ1) is 40.1. The van der Waals surface area contributed by atoms with E-state index in [2.05, 4.69) is 253 Å². The summed E-state index contributed by atoms with van der Waals surface area (Å²) in [4.78, 5) is 7.59. The summed E-state index contributed by atoms with van der Waals surface area (Å²) in [6, 6.07) is 75.6. The molecule has 0 saturated carbocycles. The Balaban J connectivity index is 0.965. The van der Waals surface area contributed by atoms with Crippen LogP contribution in [0.25, 0.3) is 66.5 Å². The molecule has 0 bridgehead atoms. The van der Waals surface area contributed by atoms with Crippen LogP contribution in [0.5, 0.6) is 11.6 Å². The van der Waals surface area contributed by atoms with Gasteiger partial charge in [-0.3, -0.25) is 0 Å². The van der Waals surface area contributed by atoms with Crippen molar-refractivity contribution >= 4 is 56.8 Å². The zero-order valence-electron chi connectivity index (χ0n) is 36.7. The molecule has 12 rings (SSSR count). The van der Waals surface area contributed by atoms with Gasteiger partial charge < -0.3 is 0 Å². The average Bonchev–Trinajstić information content (AvgIpc) is 3.98. The monoisotopic (exact) mass is 1030 g/mol. The van der Waals surface area contributed by atoms with E-state index in [9.17, 15) is 0 Å². The second kappa shape index (κ2) is 15.9. The van der Waals surface area contributed by atoms with Gasteiger partial charge in [-0.2, -0.15) is 0 Å². The summed E-state index contributed by atoms with van der Waals surface area (Å²) in [5, 5.41) is 2.49. The first-order valence-electron chi connectivity index (χ1n) is 22.4. The van der Waals surface area contributed by atoms with Gasteiger partial charge in [-0.05, 0) is 6.07 Å². The molecule has 66 heavy (non-hydrogen) atoms. The van der Waals surface area contributed by atoms with Crippen molar-refractivity contribution in [2.45, 2.75) is 26.2 Å². The van der Waals surface area contributed by atoms with Crippen LogP contribution in [0, 0.1) is 3.80 Å². The van der Waals surface area contributed by atoms with Crippen LogP contribution in [-0.4, -0.2) is 25.6 Å². The Labute approximate surface area is 395 Å². The van der Waals surface area contributed by atoms with Gasteiger partial charge in [0, 0.05) is 16.3 Å². The molecule has 320 valence electrons. The van der Waals surface area contributed by atoms with E-state index in [-0.39, 0.29) is 12.4 Å². The molecule has 8 heteroatoms. The number of anilines is 2. The van der Waals surface area contributed by atoms with E-state index in [0.29, 0.717) is 11.6 Å². The quantitative estimate of drug-likeness (QED) is 0.142. The number of imidazole rings is 1. The third kappa shape index (κ3) is 6.60. The van der Waals surface area contributed by atoms with Crippen molar-refractivity contribution < 1.29 is 24.1 Å². The van der Waals surface area contributed by atoms with Gasteiger partial charge in [0.25, 0.3) is 0 Å². The predicted octanol–water partition coefficient (Wildman–Crippen LogP) is 13.8. The minimum atomic E-state index is -0.136. The molecule has 1 aliphatic rings. The number of pyridine rings is 1. The van der Waals surface area contributed by atoms with Crippen molar-refractivity contribution in [2.75, 3.05) is 4.81 Å². The second-order valence-corrected chi connectivity index (χ2v) is 19.0. The van der Waals surface area contributed by atoms with Crippen molar-refractivity contribution in [3.63, 3.8) is 0 Å². The van der Waals surface area contributed by atoms with Crippen LogP contribution in [0.15, 0.2) is 212 Å². The van der Waals surface area contributed by atoms with E-state index in [4.69, 9.17) is 9.72 Å². The zero-order valence-corrected chi connectivity index (χ0v) is 39.0. The van der Waals surface area contributed by atoms with E-state index < -0.39 is 0 Å². The van der Waals surface area contributed by atoms with Crippen molar-refractivity contribution in [2.24, 2.45) is 0 Å². The van der Waals surface area contributed by atoms with Crippen LogP contribution in [0.1, 0.15) is 26.3 Å². The van der Waals surface area contributed by atoms with Crippen molar-refractivity contribution in [3.8, 4) is 45.3 Å². The maximum absolute atomic E-state index is 6.75. The first-order valence-corrected chi connectivity index (χ1v) is 23.5. The molecule has 8 aromatic carbocycles. The molecule has 11 aromatic rings. The Bertz CT molecular complexity index is 3720. The van der Waals surface area contributed by atoms with E-state index in [1.807, 2.05) is 18.2 Å². The number of nitrogens with zero attached hydrogens (tertiary/aromatic N) is 5. The Morgan fingerprint density at radius 1 is 0.530 bits per heavy atom. The summed E-state index contributed by atoms with van der Waals surface area (Å²) in [7, 11) is 0. The molecule has 0 atom stereocenters. The molecule has 1 aliphatic heterocycles. The number of aromatic nitrogens is 4. The predicted molar refractivity (Wildman–Crippen MR) is 269 cm³/mol. The van der Waals surface area contributed by atoms with E-state index in [1.165, 1.54) is 44.0 Å². The Hall–Kier alpha value is -7.47. The molecular formula is C58H44BN5OPt. The second-order valence-electron chi connectivity index (χ2n) is 17.9. The zero-order chi connectivity index (χ0) is 44.5. The average molecular weight is 1030 g/mol. The van der Waals surface area contributed by atoms with Gasteiger partial charge in [0.15, 0.2) is 0 Å². The molecule has 0 N–H and O–H groups in total. The van der Waals surface area contributed by atoms with Crippen LogP contribution >= 0.6 is 0 Å². The van der Waals surface area contributed by atoms with Gasteiger partial charge in [0.05, 0.1) is 0 Å². The van der Waals surface area contributed by atoms with Crippen LogP contribution in [-0.2, 0) is 24.8 Å². The molecule has 6 nitrogen and oxygen atoms in total. The number of hydrogen-bond donors (Lipinski definition) is 0. The number of rotatable bonds is 8. The van der Waals surface area contributed by atoms with Crippen LogP contribution in [0.3, 0.4) is 0 Å². The summed E-state index contributed by atoms with van der Waals surface area (Å²) in [5.74, 6) is 2.03. The molecule has 0 amide bonds. The summed E-state index contributed by atoms with van der Waals surface area (Å²) in [6.45, 7) is 6.69. The van der Waals surface area contributed by atoms with Crippen LogP contribution < -0.4 is 15.0 Å². The first-order chi connectivity index (χ1) is 32.3. The van der Waals surface area contributed by atoms with Crippen molar-refractivity contribution in [3.05, 3.63) is 222 Å². The van der Waals surface area contributed by atoms with Gasteiger partial charge >= 0.3 is 314 Å². The molecule has 0 aliphatic carbocycles. The fourth-order valence-electron chi connectivity index (χ4n) is 9.89. The molecular weight excluding hydrogens is 989 g/mol. The third-order valence-electron chi connectivity index (χ3n) is 12.9. The molecule has 0 fully saturated rings. The number of fused-ring (bicyclic) bond motifs is 4. The normalized spacial score (nSPS) is 12.5. The van der Waals surface area contributed by atoms with Gasteiger partial charge in [-0.25, -0.2) is 0 Å². The SMILES string of the molecule is CC(C)(C)c1cccc(-c2cccc(-c3ccccc3)c2-n2[c](=[Pt])n(-c3cccc(Oc4cccc(N5B(c6ccccc6)n6c7ccccc7c7cccc5c76)n4)c3)c3ccccc32)c1. The molecule has 4 heterocycles. The standard InChI is InChI=1S/C58H44BN5O.Pt/c1-58(2,3)42-22-14-21-41(37-42)47-29-16-28-46(40-19-6-4-7-20-40)56(47)62-39-61(51-32-12-13-33-52(51)62)44-25-15-26-45(38-44)65-55-36-18-35-54(60-55)63-53-34-17-30-49-48-27-10-11-31-50(48)64(57(49)53)59(63)43-23-8-5-9-24-43;/h4-38H,1-3H3;. The Morgan fingerprint density at radius 3 is 1.94 bits per heavy atom. The number of ether oxygens (including phenoxy) is 1. The van der Waals surface area contributed by atoms with Gasteiger partial charge in [-0.1, -0.05) is 60.7 Å². The summed E-state index contributed by atoms with van der Waals surface area (Å²) < 4.78 is 15.0. The number of para-hydroxylation sites is 5. The maximum atomic E-state index is 6.75. The molecule has 0 unspecified atom stereocenters. The summed E-state index contributed by atoms with van der Waals surface area (Å²) >= 11 is 2.51. The van der Waals surface area contributed by atoms with Crippen LogP contribution in [0.4, 0.5) is 11.5 Å². The topological polar surface area (TPSA) is 40.1 Å². The number of benzene rings is 8. The minimum absolute atomic E-state index is 0.00417. The third-order valence-corrected chi connectivity index (χ3v) is 13.9. The van der Waals surface area contributed by atoms with E-state index >= 15 is 0 Å². The fraction of sp³-hybridized carbons (Fsp3) is 0.0690.